The number of rotatable bonds is 1. The van der Waals surface area contributed by atoms with Crippen LogP contribution in [0.15, 0.2) is 24.3 Å². The third-order valence-electron chi connectivity index (χ3n) is 3.50. The summed E-state index contributed by atoms with van der Waals surface area (Å²) in [4.78, 5) is 14.1. The summed E-state index contributed by atoms with van der Waals surface area (Å²) in [5.74, 6) is 0.0536. The van der Waals surface area contributed by atoms with E-state index in [4.69, 9.17) is 9.47 Å². The maximum absolute atomic E-state index is 12.3. The fraction of sp³-hybridized carbons (Fsp3) is 0.615. The van der Waals surface area contributed by atoms with Crippen LogP contribution in [0, 0.1) is 0 Å². The Labute approximate surface area is 119 Å². The number of carbonyl (C=O) groups excluding carboxylic acids is 1. The molecule has 6 heteroatoms. The maximum atomic E-state index is 12.3. The van der Waals surface area contributed by atoms with Crippen molar-refractivity contribution >= 4 is 18.3 Å². The number of amides is 1. The predicted molar refractivity (Wildman–Crippen MR) is 73.4 cm³/mol. The highest BCUT2D eigenvalue weighted by Crippen LogP contribution is 2.21. The Morgan fingerprint density at radius 3 is 2.58 bits per heavy atom. The molecule has 2 aliphatic heterocycles. The number of piperazine rings is 1. The number of ether oxygens (including phenoxy) is 2. The fourth-order valence-electron chi connectivity index (χ4n) is 2.49. The van der Waals surface area contributed by atoms with E-state index in [0.29, 0.717) is 6.61 Å². The molecule has 3 aliphatic rings. The van der Waals surface area contributed by atoms with Crippen molar-refractivity contribution in [1.29, 1.82) is 0 Å². The predicted octanol–water partition coefficient (Wildman–Crippen LogP) is 0.119. The van der Waals surface area contributed by atoms with E-state index < -0.39 is 6.10 Å². The number of nitrogens with zero attached hydrogens (tertiary/aromatic N) is 1. The molecule has 0 spiro atoms. The lowest BCUT2D eigenvalue weighted by Gasteiger charge is -2.37. The average Bonchev–Trinajstić information content (AvgIpc) is 2.47. The Morgan fingerprint density at radius 1 is 1.16 bits per heavy atom. The van der Waals surface area contributed by atoms with E-state index in [1.807, 2.05) is 29.2 Å². The number of halogens is 1. The molecule has 0 radical (unpaired) electrons. The molecule has 0 aromatic carbocycles. The Hall–Kier alpha value is -0.880. The molecule has 2 heterocycles. The van der Waals surface area contributed by atoms with E-state index in [1.54, 1.807) is 0 Å². The number of hydrogen-bond donors (Lipinski definition) is 1. The van der Waals surface area contributed by atoms with Gasteiger partial charge in [-0.2, -0.15) is 0 Å². The van der Waals surface area contributed by atoms with Crippen molar-refractivity contribution in [2.75, 3.05) is 32.8 Å². The van der Waals surface area contributed by atoms with Crippen molar-refractivity contribution in [3.63, 3.8) is 0 Å². The molecular formula is C13H19ClN2O3. The first-order chi connectivity index (χ1) is 8.84. The second-order valence-corrected chi connectivity index (χ2v) is 4.73. The summed E-state index contributed by atoms with van der Waals surface area (Å²) < 4.78 is 11.5. The van der Waals surface area contributed by atoms with Crippen LogP contribution in [0.4, 0.5) is 0 Å². The largest absolute Gasteiger partial charge is 0.368 e. The minimum atomic E-state index is -0.458. The number of nitrogens with one attached hydrogen (secondary N) is 1. The lowest BCUT2D eigenvalue weighted by atomic mass is 10.1. The van der Waals surface area contributed by atoms with E-state index in [0.717, 1.165) is 26.2 Å². The molecule has 3 rings (SSSR count). The van der Waals surface area contributed by atoms with Crippen LogP contribution in [-0.2, 0) is 14.3 Å². The zero-order valence-corrected chi connectivity index (χ0v) is 11.5. The highest BCUT2D eigenvalue weighted by Gasteiger charge is 2.35. The van der Waals surface area contributed by atoms with Gasteiger partial charge in [0.1, 0.15) is 12.2 Å². The second-order valence-electron chi connectivity index (χ2n) is 4.73. The molecule has 3 unspecified atom stereocenters. The lowest BCUT2D eigenvalue weighted by Crippen LogP contribution is -2.54. The summed E-state index contributed by atoms with van der Waals surface area (Å²) in [6, 6.07) is 0. The van der Waals surface area contributed by atoms with Crippen molar-refractivity contribution < 1.29 is 14.3 Å². The van der Waals surface area contributed by atoms with E-state index in [9.17, 15) is 4.79 Å². The van der Waals surface area contributed by atoms with Crippen molar-refractivity contribution in [2.45, 2.75) is 18.3 Å². The number of carbonyl (C=O) groups is 1. The van der Waals surface area contributed by atoms with E-state index >= 15 is 0 Å². The molecule has 1 N–H and O–H groups in total. The van der Waals surface area contributed by atoms with Gasteiger partial charge in [0.15, 0.2) is 6.10 Å². The van der Waals surface area contributed by atoms with Gasteiger partial charge in [-0.1, -0.05) is 24.3 Å². The molecule has 5 nitrogen and oxygen atoms in total. The fourth-order valence-corrected chi connectivity index (χ4v) is 2.49. The number of allylic oxidation sites excluding steroid dienone is 2. The van der Waals surface area contributed by atoms with E-state index in [2.05, 4.69) is 5.32 Å². The molecule has 3 atom stereocenters. The maximum Gasteiger partial charge on any atom is 0.254 e. The SMILES string of the molecule is Cl.O=C(C1COC2C=CC=CC2O1)N1CCNCC1. The van der Waals surface area contributed by atoms with Crippen LogP contribution in [0.2, 0.25) is 0 Å². The zero-order valence-electron chi connectivity index (χ0n) is 10.7. The summed E-state index contributed by atoms with van der Waals surface area (Å²) in [5, 5.41) is 3.23. The highest BCUT2D eigenvalue weighted by molar-refractivity contribution is 5.85. The van der Waals surface area contributed by atoms with Crippen LogP contribution in [-0.4, -0.2) is 61.9 Å². The van der Waals surface area contributed by atoms with Crippen LogP contribution >= 0.6 is 12.4 Å². The molecule has 1 amide bonds. The van der Waals surface area contributed by atoms with E-state index in [-0.39, 0.29) is 30.5 Å². The summed E-state index contributed by atoms with van der Waals surface area (Å²) in [5.41, 5.74) is 0. The molecule has 0 aromatic heterocycles. The zero-order chi connectivity index (χ0) is 12.4. The first-order valence-corrected chi connectivity index (χ1v) is 6.46. The first kappa shape index (κ1) is 14.5. The van der Waals surface area contributed by atoms with Gasteiger partial charge in [0.05, 0.1) is 6.61 Å². The quantitative estimate of drug-likeness (QED) is 0.744. The lowest BCUT2D eigenvalue weighted by molar-refractivity contribution is -0.177. The highest BCUT2D eigenvalue weighted by atomic mass is 35.5. The van der Waals surface area contributed by atoms with Crippen molar-refractivity contribution in [3.05, 3.63) is 24.3 Å². The average molecular weight is 287 g/mol. The summed E-state index contributed by atoms with van der Waals surface area (Å²) in [7, 11) is 0. The van der Waals surface area contributed by atoms with Crippen LogP contribution in [0.25, 0.3) is 0 Å². The molecule has 0 bridgehead atoms. The molecule has 19 heavy (non-hydrogen) atoms. The van der Waals surface area contributed by atoms with Crippen LogP contribution < -0.4 is 5.32 Å². The minimum absolute atomic E-state index is 0. The van der Waals surface area contributed by atoms with Gasteiger partial charge in [-0.25, -0.2) is 0 Å². The monoisotopic (exact) mass is 286 g/mol. The van der Waals surface area contributed by atoms with Crippen molar-refractivity contribution in [3.8, 4) is 0 Å². The van der Waals surface area contributed by atoms with Gasteiger partial charge in [0, 0.05) is 26.2 Å². The number of fused-ring (bicyclic) bond motifs is 1. The van der Waals surface area contributed by atoms with Crippen molar-refractivity contribution in [1.82, 2.24) is 10.2 Å². The smallest absolute Gasteiger partial charge is 0.254 e. The van der Waals surface area contributed by atoms with Gasteiger partial charge < -0.3 is 19.7 Å². The Bertz CT molecular complexity index is 380. The molecule has 106 valence electrons. The van der Waals surface area contributed by atoms with Gasteiger partial charge in [-0.05, 0) is 0 Å². The van der Waals surface area contributed by atoms with Crippen LogP contribution in [0.3, 0.4) is 0 Å². The first-order valence-electron chi connectivity index (χ1n) is 6.46. The Morgan fingerprint density at radius 2 is 1.84 bits per heavy atom. The molecule has 0 aromatic rings. The summed E-state index contributed by atoms with van der Waals surface area (Å²) >= 11 is 0. The Balaban J connectivity index is 0.00000133. The summed E-state index contributed by atoms with van der Waals surface area (Å²) in [6.45, 7) is 3.56. The minimum Gasteiger partial charge on any atom is -0.368 e. The summed E-state index contributed by atoms with van der Waals surface area (Å²) in [6.07, 6.45) is 7.17. The van der Waals surface area contributed by atoms with Gasteiger partial charge in [0.2, 0.25) is 0 Å². The standard InChI is InChI=1S/C13H18N2O3.ClH/c16-13(15-7-5-14-6-8-15)12-9-17-10-3-1-2-4-11(10)18-12;/h1-4,10-12,14H,5-9H2;1H. The molecule has 0 saturated carbocycles. The van der Waals surface area contributed by atoms with E-state index in [1.165, 1.54) is 0 Å². The number of hydrogen-bond acceptors (Lipinski definition) is 4. The van der Waals surface area contributed by atoms with Gasteiger partial charge in [-0.3, -0.25) is 4.79 Å². The normalized spacial score (nSPS) is 33.5. The molecule has 2 fully saturated rings. The van der Waals surface area contributed by atoms with Gasteiger partial charge >= 0.3 is 0 Å². The van der Waals surface area contributed by atoms with Crippen LogP contribution in [0.5, 0.6) is 0 Å². The van der Waals surface area contributed by atoms with Gasteiger partial charge in [-0.15, -0.1) is 12.4 Å². The third-order valence-corrected chi connectivity index (χ3v) is 3.50. The third kappa shape index (κ3) is 3.17. The molecule has 2 saturated heterocycles. The second kappa shape index (κ2) is 6.52. The topological polar surface area (TPSA) is 50.8 Å². The van der Waals surface area contributed by atoms with Gasteiger partial charge in [0.25, 0.3) is 5.91 Å². The van der Waals surface area contributed by atoms with Crippen LogP contribution in [0.1, 0.15) is 0 Å². The van der Waals surface area contributed by atoms with Crippen molar-refractivity contribution in [2.24, 2.45) is 0 Å². The molecule has 1 aliphatic carbocycles. The Kier molecular flexibility index (Phi) is 4.99. The molecular weight excluding hydrogens is 268 g/mol.